The normalized spacial score (nSPS) is 18.9. The van der Waals surface area contributed by atoms with E-state index in [4.69, 9.17) is 10.5 Å². The Kier molecular flexibility index (Phi) is 5.72. The van der Waals surface area contributed by atoms with Gasteiger partial charge in [-0.1, -0.05) is 25.1 Å². The maximum Gasteiger partial charge on any atom is 0.387 e. The number of hydrogen-bond acceptors (Lipinski definition) is 5. The van der Waals surface area contributed by atoms with E-state index in [1.165, 1.54) is 11.0 Å². The van der Waals surface area contributed by atoms with Crippen molar-refractivity contribution in [2.75, 3.05) is 13.7 Å². The summed E-state index contributed by atoms with van der Waals surface area (Å²) in [6, 6.07) is 11.7. The first-order chi connectivity index (χ1) is 13.8. The van der Waals surface area contributed by atoms with Crippen LogP contribution in [0.4, 0.5) is 8.78 Å². The third kappa shape index (κ3) is 3.74. The highest BCUT2D eigenvalue weighted by Crippen LogP contribution is 2.41. The molecule has 2 aromatic rings. The summed E-state index contributed by atoms with van der Waals surface area (Å²) in [5.74, 6) is 0.369. The van der Waals surface area contributed by atoms with Crippen LogP contribution in [-0.4, -0.2) is 37.0 Å². The number of aliphatic imine (C=N–C) groups is 1. The Balaban J connectivity index is 2.15. The number of alkyl halides is 2. The fourth-order valence-corrected chi connectivity index (χ4v) is 3.32. The number of hydrogen-bond donors (Lipinski definition) is 1. The molecule has 1 unspecified atom stereocenters. The van der Waals surface area contributed by atoms with Gasteiger partial charge in [0, 0.05) is 7.05 Å². The molecule has 1 heterocycles. The van der Waals surface area contributed by atoms with Gasteiger partial charge >= 0.3 is 6.61 Å². The van der Waals surface area contributed by atoms with Crippen LogP contribution in [0.5, 0.6) is 11.5 Å². The van der Waals surface area contributed by atoms with Crippen LogP contribution >= 0.6 is 0 Å². The highest BCUT2D eigenvalue weighted by molar-refractivity contribution is 6.09. The third-order valence-electron chi connectivity index (χ3n) is 4.77. The van der Waals surface area contributed by atoms with Crippen molar-refractivity contribution in [3.8, 4) is 11.5 Å². The van der Waals surface area contributed by atoms with Gasteiger partial charge in [0.05, 0.1) is 6.61 Å². The lowest BCUT2D eigenvalue weighted by Crippen LogP contribution is -2.41. The predicted molar refractivity (Wildman–Crippen MR) is 105 cm³/mol. The molecule has 2 aromatic carbocycles. The van der Waals surface area contributed by atoms with Crippen molar-refractivity contribution >= 4 is 11.9 Å². The minimum atomic E-state index is -2.94. The molecule has 0 aliphatic carbocycles. The number of guanidine groups is 1. The molecule has 1 aliphatic heterocycles. The Bertz CT molecular complexity index is 949. The van der Waals surface area contributed by atoms with Gasteiger partial charge < -0.3 is 15.2 Å². The van der Waals surface area contributed by atoms with Crippen LogP contribution in [0.1, 0.15) is 30.0 Å². The molecule has 0 saturated carbocycles. The molecule has 1 atom stereocenters. The number of ether oxygens (including phenoxy) is 2. The summed E-state index contributed by atoms with van der Waals surface area (Å²) in [4.78, 5) is 19.1. The average molecular weight is 403 g/mol. The van der Waals surface area contributed by atoms with E-state index in [-0.39, 0.29) is 17.6 Å². The number of carbonyl (C=O) groups excluding carboxylic acids is 1. The molecule has 154 valence electrons. The molecular weight excluding hydrogens is 380 g/mol. The van der Waals surface area contributed by atoms with Gasteiger partial charge in [0.25, 0.3) is 5.91 Å². The van der Waals surface area contributed by atoms with Crippen LogP contribution in [0.2, 0.25) is 0 Å². The monoisotopic (exact) mass is 403 g/mol. The van der Waals surface area contributed by atoms with Gasteiger partial charge in [0.1, 0.15) is 11.5 Å². The number of aryl methyl sites for hydroxylation is 1. The number of rotatable bonds is 7. The van der Waals surface area contributed by atoms with E-state index in [1.54, 1.807) is 50.4 Å². The van der Waals surface area contributed by atoms with Crippen LogP contribution in [0, 0.1) is 6.92 Å². The minimum absolute atomic E-state index is 0.0367. The Morgan fingerprint density at radius 2 is 1.93 bits per heavy atom. The van der Waals surface area contributed by atoms with Crippen LogP contribution in [0.3, 0.4) is 0 Å². The van der Waals surface area contributed by atoms with Gasteiger partial charge in [-0.05, 0) is 54.3 Å². The zero-order chi connectivity index (χ0) is 21.2. The molecule has 8 heteroatoms. The molecule has 2 N–H and O–H groups in total. The van der Waals surface area contributed by atoms with Crippen molar-refractivity contribution in [3.63, 3.8) is 0 Å². The smallest absolute Gasteiger partial charge is 0.387 e. The maximum absolute atomic E-state index is 13.3. The van der Waals surface area contributed by atoms with E-state index in [0.29, 0.717) is 29.0 Å². The van der Waals surface area contributed by atoms with Crippen molar-refractivity contribution in [2.45, 2.75) is 32.4 Å². The Labute approximate surface area is 167 Å². The van der Waals surface area contributed by atoms with Crippen LogP contribution in [0.15, 0.2) is 47.5 Å². The second kappa shape index (κ2) is 8.06. The average Bonchev–Trinajstić information content (AvgIpc) is 2.93. The number of nitrogens with zero attached hydrogens (tertiary/aromatic N) is 2. The van der Waals surface area contributed by atoms with Crippen LogP contribution < -0.4 is 15.2 Å². The molecule has 3 rings (SSSR count). The summed E-state index contributed by atoms with van der Waals surface area (Å²) in [6.45, 7) is 1.23. The zero-order valence-electron chi connectivity index (χ0n) is 16.5. The molecule has 0 bridgehead atoms. The summed E-state index contributed by atoms with van der Waals surface area (Å²) in [5, 5.41) is 0. The quantitative estimate of drug-likeness (QED) is 0.769. The van der Waals surface area contributed by atoms with E-state index in [9.17, 15) is 13.6 Å². The zero-order valence-corrected chi connectivity index (χ0v) is 16.5. The number of likely N-dealkylation sites (N-methyl/N-ethyl adjacent to an activating group) is 1. The lowest BCUT2D eigenvalue weighted by Gasteiger charge is -2.27. The molecule has 0 fully saturated rings. The molecule has 0 spiro atoms. The number of halogens is 2. The highest BCUT2D eigenvalue weighted by atomic mass is 19.3. The Morgan fingerprint density at radius 1 is 1.21 bits per heavy atom. The number of nitrogens with two attached hydrogens (primary N) is 1. The molecule has 0 saturated heterocycles. The van der Waals surface area contributed by atoms with Gasteiger partial charge in [-0.25, -0.2) is 4.99 Å². The summed E-state index contributed by atoms with van der Waals surface area (Å²) in [5.41, 5.74) is 6.07. The number of amides is 1. The van der Waals surface area contributed by atoms with E-state index < -0.39 is 12.2 Å². The topological polar surface area (TPSA) is 77.2 Å². The molecule has 0 radical (unpaired) electrons. The van der Waals surface area contributed by atoms with Crippen molar-refractivity contribution in [2.24, 2.45) is 10.7 Å². The number of benzene rings is 2. The molecule has 29 heavy (non-hydrogen) atoms. The maximum atomic E-state index is 13.3. The van der Waals surface area contributed by atoms with E-state index in [0.717, 1.165) is 6.42 Å². The van der Waals surface area contributed by atoms with Crippen molar-refractivity contribution in [1.82, 2.24) is 4.90 Å². The summed E-state index contributed by atoms with van der Waals surface area (Å²) >= 11 is 0. The fourth-order valence-electron chi connectivity index (χ4n) is 3.32. The number of carbonyl (C=O) groups is 1. The van der Waals surface area contributed by atoms with Crippen molar-refractivity contribution in [1.29, 1.82) is 0 Å². The Hall–Kier alpha value is -3.16. The summed E-state index contributed by atoms with van der Waals surface area (Å²) < 4.78 is 35.5. The van der Waals surface area contributed by atoms with E-state index in [1.807, 2.05) is 6.92 Å². The molecule has 1 aliphatic rings. The van der Waals surface area contributed by atoms with Gasteiger partial charge in [0.15, 0.2) is 11.5 Å². The Morgan fingerprint density at radius 3 is 2.52 bits per heavy atom. The van der Waals surface area contributed by atoms with Crippen molar-refractivity contribution < 1.29 is 23.0 Å². The first-order valence-corrected chi connectivity index (χ1v) is 9.22. The van der Waals surface area contributed by atoms with Crippen LogP contribution in [-0.2, 0) is 10.3 Å². The summed E-state index contributed by atoms with van der Waals surface area (Å²) in [6.07, 6.45) is 0.840. The minimum Gasteiger partial charge on any atom is -0.494 e. The van der Waals surface area contributed by atoms with E-state index in [2.05, 4.69) is 9.73 Å². The summed E-state index contributed by atoms with van der Waals surface area (Å²) in [7, 11) is 1.54. The molecule has 1 amide bonds. The second-order valence-corrected chi connectivity index (χ2v) is 6.78. The second-order valence-electron chi connectivity index (χ2n) is 6.78. The van der Waals surface area contributed by atoms with Gasteiger partial charge in [0.2, 0.25) is 0 Å². The largest absolute Gasteiger partial charge is 0.494 e. The first kappa shape index (κ1) is 20.6. The van der Waals surface area contributed by atoms with E-state index >= 15 is 0 Å². The SMILES string of the molecule is CCCOc1cccc(C2(c3ccc(OC(F)F)c(C)c3)N=C(N)N(C)C2=O)c1. The van der Waals surface area contributed by atoms with Gasteiger partial charge in [-0.15, -0.1) is 0 Å². The van der Waals surface area contributed by atoms with Gasteiger partial charge in [-0.3, -0.25) is 9.69 Å². The lowest BCUT2D eigenvalue weighted by molar-refractivity contribution is -0.129. The molecule has 6 nitrogen and oxygen atoms in total. The fraction of sp³-hybridized carbons (Fsp3) is 0.333. The predicted octanol–water partition coefficient (Wildman–Crippen LogP) is 3.42. The van der Waals surface area contributed by atoms with Crippen molar-refractivity contribution in [3.05, 3.63) is 59.2 Å². The molecular formula is C21H23F2N3O3. The van der Waals surface area contributed by atoms with Crippen LogP contribution in [0.25, 0.3) is 0 Å². The third-order valence-corrected chi connectivity index (χ3v) is 4.77. The highest BCUT2D eigenvalue weighted by Gasteiger charge is 2.49. The lowest BCUT2D eigenvalue weighted by atomic mass is 9.82. The molecule has 0 aromatic heterocycles. The first-order valence-electron chi connectivity index (χ1n) is 9.22. The standard InChI is InChI=1S/C21H23F2N3O3/c1-4-10-28-16-7-5-6-14(12-16)21(18(27)26(3)20(24)25-21)15-8-9-17(13(2)11-15)29-19(22)23/h5-9,11-12,19H,4,10H2,1-3H3,(H2,24,25). The van der Waals surface area contributed by atoms with Gasteiger partial charge in [-0.2, -0.15) is 8.78 Å².